The number of hydrogen-bond acceptors (Lipinski definition) is 2. The zero-order valence-electron chi connectivity index (χ0n) is 11.1. The first-order valence-corrected chi connectivity index (χ1v) is 7.00. The molecule has 0 saturated heterocycles. The molecule has 0 spiro atoms. The van der Waals surface area contributed by atoms with E-state index in [-0.39, 0.29) is 5.97 Å². The van der Waals surface area contributed by atoms with Crippen molar-refractivity contribution in [3.63, 3.8) is 0 Å². The summed E-state index contributed by atoms with van der Waals surface area (Å²) in [5.41, 5.74) is 0. The van der Waals surface area contributed by atoms with Gasteiger partial charge >= 0.3 is 5.97 Å². The van der Waals surface area contributed by atoms with Crippen molar-refractivity contribution in [3.8, 4) is 0 Å². The molecule has 0 bridgehead atoms. The van der Waals surface area contributed by atoms with Crippen LogP contribution in [0.4, 0.5) is 0 Å². The third-order valence-electron chi connectivity index (χ3n) is 2.82. The molecule has 1 aliphatic rings. The summed E-state index contributed by atoms with van der Waals surface area (Å²) in [6.07, 6.45) is 20.6. The topological polar surface area (TPSA) is 26.3 Å². The van der Waals surface area contributed by atoms with Crippen molar-refractivity contribution >= 4 is 5.97 Å². The Morgan fingerprint density at radius 3 is 2.11 bits per heavy atom. The van der Waals surface area contributed by atoms with E-state index in [1.165, 1.54) is 0 Å². The summed E-state index contributed by atoms with van der Waals surface area (Å²) >= 11 is 0. The molecule has 1 aliphatic heterocycles. The van der Waals surface area contributed by atoms with Crippen LogP contribution in [0.2, 0.25) is 0 Å². The van der Waals surface area contributed by atoms with Gasteiger partial charge in [-0.1, -0.05) is 36.5 Å². The van der Waals surface area contributed by atoms with Crippen molar-refractivity contribution in [2.45, 2.75) is 51.4 Å². The van der Waals surface area contributed by atoms with Gasteiger partial charge in [0.05, 0.1) is 6.61 Å². The molecule has 0 radical (unpaired) electrons. The molecule has 0 aromatic carbocycles. The molecule has 0 N–H and O–H groups in total. The lowest BCUT2D eigenvalue weighted by atomic mass is 10.2. The van der Waals surface area contributed by atoms with E-state index in [2.05, 4.69) is 36.5 Å². The highest BCUT2D eigenvalue weighted by Crippen LogP contribution is 2.04. The number of allylic oxidation sites excluding steroid dienone is 6. The van der Waals surface area contributed by atoms with E-state index < -0.39 is 0 Å². The Morgan fingerprint density at radius 1 is 0.778 bits per heavy atom. The molecule has 1 heterocycles. The van der Waals surface area contributed by atoms with Crippen LogP contribution < -0.4 is 0 Å². The van der Waals surface area contributed by atoms with Crippen LogP contribution in [0.25, 0.3) is 0 Å². The molecule has 0 atom stereocenters. The van der Waals surface area contributed by atoms with Crippen LogP contribution in [0.5, 0.6) is 0 Å². The minimum atomic E-state index is -0.0473. The molecule has 0 unspecified atom stereocenters. The summed E-state index contributed by atoms with van der Waals surface area (Å²) in [4.78, 5) is 11.4. The predicted octanol–water partition coefficient (Wildman–Crippen LogP) is 4.33. The quantitative estimate of drug-likeness (QED) is 0.471. The smallest absolute Gasteiger partial charge is 0.305 e. The van der Waals surface area contributed by atoms with Gasteiger partial charge in [-0.15, -0.1) is 0 Å². The monoisotopic (exact) mass is 248 g/mol. The van der Waals surface area contributed by atoms with Crippen LogP contribution in [0.3, 0.4) is 0 Å². The van der Waals surface area contributed by atoms with Crippen molar-refractivity contribution in [2.24, 2.45) is 0 Å². The van der Waals surface area contributed by atoms with Crippen molar-refractivity contribution in [2.75, 3.05) is 6.61 Å². The van der Waals surface area contributed by atoms with Gasteiger partial charge in [-0.05, 0) is 44.9 Å². The molecule has 0 aromatic heterocycles. The molecule has 0 fully saturated rings. The van der Waals surface area contributed by atoms with Gasteiger partial charge in [-0.2, -0.15) is 0 Å². The number of esters is 1. The molecule has 0 amide bonds. The Kier molecular flexibility index (Phi) is 8.87. The highest BCUT2D eigenvalue weighted by Gasteiger charge is 2.01. The molecule has 0 aromatic rings. The van der Waals surface area contributed by atoms with Gasteiger partial charge in [-0.3, -0.25) is 4.79 Å². The Morgan fingerprint density at radius 2 is 1.39 bits per heavy atom. The minimum Gasteiger partial charge on any atom is -0.466 e. The first-order chi connectivity index (χ1) is 8.89. The van der Waals surface area contributed by atoms with Crippen LogP contribution in [0.1, 0.15) is 51.4 Å². The fourth-order valence-electron chi connectivity index (χ4n) is 1.77. The molecule has 2 nitrogen and oxygen atoms in total. The fourth-order valence-corrected chi connectivity index (χ4v) is 1.77. The first-order valence-electron chi connectivity index (χ1n) is 7.00. The average molecular weight is 248 g/mol. The maximum absolute atomic E-state index is 11.4. The van der Waals surface area contributed by atoms with Crippen LogP contribution in [0.15, 0.2) is 36.5 Å². The summed E-state index contributed by atoms with van der Waals surface area (Å²) in [5.74, 6) is -0.0473. The number of cyclic esters (lactones) is 1. The lowest BCUT2D eigenvalue weighted by Crippen LogP contribution is -2.05. The van der Waals surface area contributed by atoms with Crippen LogP contribution in [0, 0.1) is 0 Å². The predicted molar refractivity (Wildman–Crippen MR) is 75.3 cm³/mol. The summed E-state index contributed by atoms with van der Waals surface area (Å²) in [7, 11) is 0. The molecule has 1 rings (SSSR count). The lowest BCUT2D eigenvalue weighted by molar-refractivity contribution is -0.143. The third kappa shape index (κ3) is 8.80. The van der Waals surface area contributed by atoms with E-state index in [0.29, 0.717) is 13.0 Å². The zero-order valence-corrected chi connectivity index (χ0v) is 11.1. The van der Waals surface area contributed by atoms with Gasteiger partial charge in [-0.25, -0.2) is 0 Å². The van der Waals surface area contributed by atoms with E-state index in [9.17, 15) is 4.79 Å². The molecular weight excluding hydrogens is 224 g/mol. The highest BCUT2D eigenvalue weighted by molar-refractivity contribution is 5.69. The summed E-state index contributed by atoms with van der Waals surface area (Å²) in [5, 5.41) is 0. The highest BCUT2D eigenvalue weighted by atomic mass is 16.5. The van der Waals surface area contributed by atoms with Crippen molar-refractivity contribution < 1.29 is 9.53 Å². The second kappa shape index (κ2) is 10.8. The van der Waals surface area contributed by atoms with Crippen LogP contribution >= 0.6 is 0 Å². The zero-order chi connectivity index (χ0) is 12.9. The van der Waals surface area contributed by atoms with Gasteiger partial charge in [0.25, 0.3) is 0 Å². The Labute approximate surface area is 110 Å². The van der Waals surface area contributed by atoms with Crippen molar-refractivity contribution in [3.05, 3.63) is 36.5 Å². The number of carbonyl (C=O) groups is 1. The SMILES string of the molecule is O=C1CCCC/C=C\C/C=C\C/C=C\CCCO1. The van der Waals surface area contributed by atoms with E-state index in [0.717, 1.165) is 44.9 Å². The van der Waals surface area contributed by atoms with Crippen molar-refractivity contribution in [1.82, 2.24) is 0 Å². The lowest BCUT2D eigenvalue weighted by Gasteiger charge is -2.03. The van der Waals surface area contributed by atoms with Crippen LogP contribution in [-0.2, 0) is 9.53 Å². The maximum Gasteiger partial charge on any atom is 0.305 e. The second-order valence-corrected chi connectivity index (χ2v) is 4.49. The molecule has 2 heteroatoms. The molecule has 100 valence electrons. The standard InChI is InChI=1S/C16H24O2/c17-16-14-12-10-8-6-4-2-1-3-5-7-9-11-13-15-18-16/h1,3-4,6-7,9H,2,5,8,10-15H2/b3-1-,6-4-,9-7-. The number of rotatable bonds is 0. The summed E-state index contributed by atoms with van der Waals surface area (Å²) in [6, 6.07) is 0. The van der Waals surface area contributed by atoms with Gasteiger partial charge in [0.15, 0.2) is 0 Å². The average Bonchev–Trinajstić information content (AvgIpc) is 2.37. The van der Waals surface area contributed by atoms with Crippen molar-refractivity contribution in [1.29, 1.82) is 0 Å². The first kappa shape index (κ1) is 14.7. The minimum absolute atomic E-state index is 0.0473. The molecule has 0 aliphatic carbocycles. The number of hydrogen-bond donors (Lipinski definition) is 0. The number of ether oxygens (including phenoxy) is 1. The summed E-state index contributed by atoms with van der Waals surface area (Å²) in [6.45, 7) is 0.554. The normalized spacial score (nSPS) is 25.7. The van der Waals surface area contributed by atoms with E-state index in [1.807, 2.05) is 0 Å². The molecule has 18 heavy (non-hydrogen) atoms. The third-order valence-corrected chi connectivity index (χ3v) is 2.82. The largest absolute Gasteiger partial charge is 0.466 e. The van der Waals surface area contributed by atoms with Gasteiger partial charge < -0.3 is 4.74 Å². The van der Waals surface area contributed by atoms with Gasteiger partial charge in [0.2, 0.25) is 0 Å². The van der Waals surface area contributed by atoms with E-state index in [1.54, 1.807) is 0 Å². The number of carbonyl (C=O) groups excluding carboxylic acids is 1. The van der Waals surface area contributed by atoms with Gasteiger partial charge in [0, 0.05) is 6.42 Å². The maximum atomic E-state index is 11.4. The summed E-state index contributed by atoms with van der Waals surface area (Å²) < 4.78 is 5.16. The fraction of sp³-hybridized carbons (Fsp3) is 0.562. The Bertz CT molecular complexity index is 272. The van der Waals surface area contributed by atoms with E-state index in [4.69, 9.17) is 4.74 Å². The van der Waals surface area contributed by atoms with E-state index >= 15 is 0 Å². The molecule has 0 saturated carbocycles. The van der Waals surface area contributed by atoms with Gasteiger partial charge in [0.1, 0.15) is 0 Å². The Hall–Kier alpha value is -1.31. The Balaban J connectivity index is 2.31. The molecular formula is C16H24O2. The second-order valence-electron chi connectivity index (χ2n) is 4.49. The van der Waals surface area contributed by atoms with Crippen LogP contribution in [-0.4, -0.2) is 12.6 Å².